The van der Waals surface area contributed by atoms with Gasteiger partial charge in [0, 0.05) is 11.5 Å². The third kappa shape index (κ3) is 3.22. The maximum atomic E-state index is 12.4. The number of carboxylic acids is 1. The number of aromatic nitrogens is 1. The van der Waals surface area contributed by atoms with Crippen LogP contribution >= 0.6 is 15.9 Å². The monoisotopic (exact) mass is 370 g/mol. The van der Waals surface area contributed by atoms with E-state index in [-0.39, 0.29) is 16.4 Å². The Kier molecular flexibility index (Phi) is 4.29. The summed E-state index contributed by atoms with van der Waals surface area (Å²) in [5.74, 6) is -1.18. The first-order valence-electron chi connectivity index (χ1n) is 5.77. The zero-order valence-electron chi connectivity index (χ0n) is 10.9. The first kappa shape index (κ1) is 15.5. The Hall–Kier alpha value is -1.93. The van der Waals surface area contributed by atoms with Crippen molar-refractivity contribution in [2.24, 2.45) is 0 Å². The molecule has 0 saturated heterocycles. The summed E-state index contributed by atoms with van der Waals surface area (Å²) >= 11 is 3.23. The van der Waals surface area contributed by atoms with Gasteiger partial charge < -0.3 is 5.11 Å². The second kappa shape index (κ2) is 5.82. The number of aromatic carboxylic acids is 1. The van der Waals surface area contributed by atoms with Crippen LogP contribution in [0.1, 0.15) is 10.5 Å². The molecule has 1 heterocycles. The van der Waals surface area contributed by atoms with Crippen molar-refractivity contribution >= 4 is 37.7 Å². The predicted molar refractivity (Wildman–Crippen MR) is 80.9 cm³/mol. The molecule has 0 spiro atoms. The van der Waals surface area contributed by atoms with Gasteiger partial charge in [-0.25, -0.2) is 18.2 Å². The van der Waals surface area contributed by atoms with Crippen molar-refractivity contribution in [1.82, 2.24) is 4.98 Å². The van der Waals surface area contributed by atoms with Gasteiger partial charge in [-0.05, 0) is 36.4 Å². The predicted octanol–water partition coefficient (Wildman–Crippen LogP) is 2.37. The molecule has 2 rings (SSSR count). The van der Waals surface area contributed by atoms with E-state index in [0.29, 0.717) is 0 Å². The van der Waals surface area contributed by atoms with Gasteiger partial charge in [-0.15, -0.1) is 0 Å². The van der Waals surface area contributed by atoms with Gasteiger partial charge >= 0.3 is 5.97 Å². The Morgan fingerprint density at radius 1 is 1.19 bits per heavy atom. The normalized spacial score (nSPS) is 11.1. The largest absolute Gasteiger partial charge is 0.477 e. The summed E-state index contributed by atoms with van der Waals surface area (Å²) in [6.45, 7) is 0. The van der Waals surface area contributed by atoms with Gasteiger partial charge in [0.15, 0.2) is 5.69 Å². The number of pyridine rings is 1. The highest BCUT2D eigenvalue weighted by atomic mass is 79.9. The number of hydrogen-bond donors (Lipinski definition) is 1. The van der Waals surface area contributed by atoms with Crippen LogP contribution in [-0.4, -0.2) is 31.5 Å². The molecule has 6 nitrogen and oxygen atoms in total. The molecule has 8 heteroatoms. The van der Waals surface area contributed by atoms with Crippen LogP contribution in [0.3, 0.4) is 0 Å². The summed E-state index contributed by atoms with van der Waals surface area (Å²) in [6.07, 6.45) is 0. The number of halogens is 1. The van der Waals surface area contributed by atoms with Crippen molar-refractivity contribution < 1.29 is 18.3 Å². The summed E-state index contributed by atoms with van der Waals surface area (Å²) in [4.78, 5) is 14.8. The molecule has 110 valence electrons. The summed E-state index contributed by atoms with van der Waals surface area (Å²) < 4.78 is 26.6. The molecule has 0 fully saturated rings. The fourth-order valence-electron chi connectivity index (χ4n) is 1.61. The first-order chi connectivity index (χ1) is 9.82. The number of sulfonamides is 1. The van der Waals surface area contributed by atoms with Crippen LogP contribution in [0.15, 0.2) is 51.8 Å². The number of hydrogen-bond acceptors (Lipinski definition) is 4. The lowest BCUT2D eigenvalue weighted by atomic mass is 10.3. The SMILES string of the molecule is CN(c1cccc(C(=O)O)n1)S(=O)(=O)c1ccc(Br)cc1. The summed E-state index contributed by atoms with van der Waals surface area (Å²) in [7, 11) is -2.47. The van der Waals surface area contributed by atoms with Crippen molar-refractivity contribution in [3.8, 4) is 0 Å². The van der Waals surface area contributed by atoms with Gasteiger partial charge in [0.1, 0.15) is 5.82 Å². The van der Waals surface area contributed by atoms with Crippen molar-refractivity contribution in [1.29, 1.82) is 0 Å². The van der Waals surface area contributed by atoms with Gasteiger partial charge in [0.2, 0.25) is 0 Å². The number of carbonyl (C=O) groups is 1. The minimum Gasteiger partial charge on any atom is -0.477 e. The molecule has 0 aliphatic rings. The van der Waals surface area contributed by atoms with Crippen LogP contribution in [0.25, 0.3) is 0 Å². The molecule has 0 unspecified atom stereocenters. The average molecular weight is 371 g/mol. The van der Waals surface area contributed by atoms with E-state index in [0.717, 1.165) is 8.78 Å². The van der Waals surface area contributed by atoms with Gasteiger partial charge in [-0.3, -0.25) is 4.31 Å². The molecule has 2 aromatic rings. The smallest absolute Gasteiger partial charge is 0.354 e. The second-order valence-electron chi connectivity index (χ2n) is 4.11. The molecule has 1 aromatic carbocycles. The zero-order valence-corrected chi connectivity index (χ0v) is 13.3. The second-order valence-corrected chi connectivity index (χ2v) is 7.00. The van der Waals surface area contributed by atoms with Crippen molar-refractivity contribution in [3.05, 3.63) is 52.6 Å². The Morgan fingerprint density at radius 3 is 2.38 bits per heavy atom. The average Bonchev–Trinajstić information content (AvgIpc) is 2.47. The lowest BCUT2D eigenvalue weighted by molar-refractivity contribution is 0.0690. The van der Waals surface area contributed by atoms with Crippen molar-refractivity contribution in [3.63, 3.8) is 0 Å². The highest BCUT2D eigenvalue weighted by molar-refractivity contribution is 9.10. The molecular formula is C13H11BrN2O4S. The van der Waals surface area contributed by atoms with E-state index in [4.69, 9.17) is 5.11 Å². The van der Waals surface area contributed by atoms with Gasteiger partial charge in [-0.2, -0.15) is 0 Å². The summed E-state index contributed by atoms with van der Waals surface area (Å²) in [5.41, 5.74) is -0.217. The van der Waals surface area contributed by atoms with E-state index in [1.54, 1.807) is 12.1 Å². The first-order valence-corrected chi connectivity index (χ1v) is 8.00. The zero-order chi connectivity index (χ0) is 15.6. The van der Waals surface area contributed by atoms with E-state index in [2.05, 4.69) is 20.9 Å². The fraction of sp³-hybridized carbons (Fsp3) is 0.0769. The third-order valence-corrected chi connectivity index (χ3v) is 5.05. The van der Waals surface area contributed by atoms with Gasteiger partial charge in [0.05, 0.1) is 4.90 Å². The van der Waals surface area contributed by atoms with Crippen LogP contribution in [0.2, 0.25) is 0 Å². The van der Waals surface area contributed by atoms with E-state index >= 15 is 0 Å². The number of nitrogens with zero attached hydrogens (tertiary/aromatic N) is 2. The Bertz CT molecular complexity index is 775. The number of rotatable bonds is 4. The molecule has 1 aromatic heterocycles. The lowest BCUT2D eigenvalue weighted by Crippen LogP contribution is -2.27. The van der Waals surface area contributed by atoms with Crippen molar-refractivity contribution in [2.45, 2.75) is 4.90 Å². The molecule has 0 atom stereocenters. The Labute approximate surface area is 130 Å². The topological polar surface area (TPSA) is 87.6 Å². The molecule has 1 N–H and O–H groups in total. The summed E-state index contributed by atoms with van der Waals surface area (Å²) in [5, 5.41) is 8.91. The minimum atomic E-state index is -3.79. The molecule has 0 aliphatic carbocycles. The number of anilines is 1. The highest BCUT2D eigenvalue weighted by Gasteiger charge is 2.22. The fourth-order valence-corrected chi connectivity index (χ4v) is 3.01. The number of benzene rings is 1. The van der Waals surface area contributed by atoms with E-state index in [1.165, 1.54) is 37.4 Å². The standard InChI is InChI=1S/C13H11BrN2O4S/c1-16(12-4-2-3-11(15-12)13(17)18)21(19,20)10-7-5-9(14)6-8-10/h2-8H,1H3,(H,17,18). The van der Waals surface area contributed by atoms with E-state index in [9.17, 15) is 13.2 Å². The third-order valence-electron chi connectivity index (χ3n) is 2.75. The molecule has 0 radical (unpaired) electrons. The van der Waals surface area contributed by atoms with Gasteiger partial charge in [0.25, 0.3) is 10.0 Å². The number of carboxylic acid groups (broad SMARTS) is 1. The van der Waals surface area contributed by atoms with E-state index < -0.39 is 16.0 Å². The molecule has 0 bridgehead atoms. The molecule has 21 heavy (non-hydrogen) atoms. The molecular weight excluding hydrogens is 360 g/mol. The van der Waals surface area contributed by atoms with Crippen LogP contribution in [-0.2, 0) is 10.0 Å². The lowest BCUT2D eigenvalue weighted by Gasteiger charge is -2.18. The Morgan fingerprint density at radius 2 is 1.81 bits per heavy atom. The quantitative estimate of drug-likeness (QED) is 0.892. The maximum absolute atomic E-state index is 12.4. The highest BCUT2D eigenvalue weighted by Crippen LogP contribution is 2.22. The van der Waals surface area contributed by atoms with Gasteiger partial charge in [-0.1, -0.05) is 22.0 Å². The van der Waals surface area contributed by atoms with Crippen molar-refractivity contribution in [2.75, 3.05) is 11.4 Å². The molecule has 0 saturated carbocycles. The maximum Gasteiger partial charge on any atom is 0.354 e. The Balaban J connectivity index is 2.43. The van der Waals surface area contributed by atoms with Crippen LogP contribution < -0.4 is 4.31 Å². The minimum absolute atomic E-state index is 0.0396. The van der Waals surface area contributed by atoms with Crippen LogP contribution in [0, 0.1) is 0 Å². The molecule has 0 amide bonds. The van der Waals surface area contributed by atoms with Crippen LogP contribution in [0.4, 0.5) is 5.82 Å². The van der Waals surface area contributed by atoms with E-state index in [1.807, 2.05) is 0 Å². The van der Waals surface area contributed by atoms with Crippen LogP contribution in [0.5, 0.6) is 0 Å². The molecule has 0 aliphatic heterocycles. The summed E-state index contributed by atoms with van der Waals surface area (Å²) in [6, 6.07) is 10.3.